The zero-order valence-electron chi connectivity index (χ0n) is 15.2. The third-order valence-corrected chi connectivity index (χ3v) is 4.40. The fourth-order valence-corrected chi connectivity index (χ4v) is 3.30. The zero-order chi connectivity index (χ0) is 18.8. The van der Waals surface area contributed by atoms with Crippen LogP contribution >= 0.6 is 0 Å². The lowest BCUT2D eigenvalue weighted by molar-refractivity contribution is -0.121. The Hall–Kier alpha value is -3.19. The molecule has 0 aliphatic carbocycles. The van der Waals surface area contributed by atoms with E-state index < -0.39 is 0 Å². The molecule has 0 radical (unpaired) electrons. The quantitative estimate of drug-likeness (QED) is 0.565. The molecule has 2 heterocycles. The van der Waals surface area contributed by atoms with Gasteiger partial charge in [-0.3, -0.25) is 4.79 Å². The van der Waals surface area contributed by atoms with Gasteiger partial charge in [0.1, 0.15) is 13.2 Å². The number of aromatic nitrogens is 3. The molecule has 0 atom stereocenters. The standard InChI is InChI=1S/C20H20N4O3/c1-3-24-17-7-5-4-6-15(17)16-10-14(8-9-18(16)24)22-19(25)11-26-12-20-21-13(2)23-27-20/h4-10H,3,11-12H2,1-2H3,(H,22,25). The third kappa shape index (κ3) is 3.41. The summed E-state index contributed by atoms with van der Waals surface area (Å²) >= 11 is 0. The summed E-state index contributed by atoms with van der Waals surface area (Å²) in [7, 11) is 0. The molecule has 0 aliphatic rings. The summed E-state index contributed by atoms with van der Waals surface area (Å²) in [4.78, 5) is 16.2. The second kappa shape index (κ2) is 7.20. The Morgan fingerprint density at radius 2 is 2.00 bits per heavy atom. The molecule has 0 spiro atoms. The summed E-state index contributed by atoms with van der Waals surface area (Å²) in [5, 5.41) is 8.85. The van der Waals surface area contributed by atoms with Crippen molar-refractivity contribution in [3.05, 3.63) is 54.2 Å². The minimum absolute atomic E-state index is 0.0871. The summed E-state index contributed by atoms with van der Waals surface area (Å²) < 4.78 is 12.5. The molecule has 0 fully saturated rings. The maximum Gasteiger partial charge on any atom is 0.252 e. The van der Waals surface area contributed by atoms with E-state index in [9.17, 15) is 4.79 Å². The molecule has 4 rings (SSSR count). The number of nitrogens with one attached hydrogen (secondary N) is 1. The summed E-state index contributed by atoms with van der Waals surface area (Å²) in [6.45, 7) is 4.77. The van der Waals surface area contributed by atoms with E-state index in [-0.39, 0.29) is 19.1 Å². The largest absolute Gasteiger partial charge is 0.362 e. The van der Waals surface area contributed by atoms with Crippen molar-refractivity contribution in [1.29, 1.82) is 0 Å². The average Bonchev–Trinajstić information content (AvgIpc) is 3.22. The second-order valence-electron chi connectivity index (χ2n) is 6.27. The first kappa shape index (κ1) is 17.2. The van der Waals surface area contributed by atoms with E-state index in [1.807, 2.05) is 30.3 Å². The van der Waals surface area contributed by atoms with Crippen LogP contribution in [0.2, 0.25) is 0 Å². The van der Waals surface area contributed by atoms with E-state index in [1.165, 1.54) is 10.9 Å². The van der Waals surface area contributed by atoms with Crippen LogP contribution in [0.15, 0.2) is 47.0 Å². The molecule has 1 N–H and O–H groups in total. The van der Waals surface area contributed by atoms with Gasteiger partial charge in [0.05, 0.1) is 0 Å². The van der Waals surface area contributed by atoms with Crippen molar-refractivity contribution in [2.75, 3.05) is 11.9 Å². The monoisotopic (exact) mass is 364 g/mol. The smallest absolute Gasteiger partial charge is 0.252 e. The maximum absolute atomic E-state index is 12.2. The number of amides is 1. The molecule has 7 nitrogen and oxygen atoms in total. The van der Waals surface area contributed by atoms with Crippen molar-refractivity contribution in [1.82, 2.24) is 14.7 Å². The van der Waals surface area contributed by atoms with Gasteiger partial charge < -0.3 is 19.1 Å². The molecule has 0 unspecified atom stereocenters. The van der Waals surface area contributed by atoms with Crippen LogP contribution in [-0.4, -0.2) is 27.2 Å². The lowest BCUT2D eigenvalue weighted by Crippen LogP contribution is -2.18. The number of anilines is 1. The van der Waals surface area contributed by atoms with E-state index in [0.29, 0.717) is 11.7 Å². The number of carbonyl (C=O) groups excluding carboxylic acids is 1. The first-order chi connectivity index (χ1) is 13.2. The average molecular weight is 364 g/mol. The van der Waals surface area contributed by atoms with Crippen LogP contribution in [0.25, 0.3) is 21.8 Å². The van der Waals surface area contributed by atoms with Gasteiger partial charge in [-0.25, -0.2) is 0 Å². The molecule has 138 valence electrons. The van der Waals surface area contributed by atoms with Crippen molar-refractivity contribution in [2.24, 2.45) is 0 Å². The molecule has 2 aromatic heterocycles. The van der Waals surface area contributed by atoms with Crippen LogP contribution < -0.4 is 5.32 Å². The third-order valence-electron chi connectivity index (χ3n) is 4.40. The molecule has 0 saturated carbocycles. The summed E-state index contributed by atoms with van der Waals surface area (Å²) in [6, 6.07) is 14.2. The summed E-state index contributed by atoms with van der Waals surface area (Å²) in [5.74, 6) is 0.663. The number of hydrogen-bond acceptors (Lipinski definition) is 5. The van der Waals surface area contributed by atoms with Crippen molar-refractivity contribution in [3.8, 4) is 0 Å². The molecular formula is C20H20N4O3. The van der Waals surface area contributed by atoms with Crippen LogP contribution in [0, 0.1) is 6.92 Å². The normalized spacial score (nSPS) is 11.3. The number of nitrogens with zero attached hydrogens (tertiary/aromatic N) is 3. The van der Waals surface area contributed by atoms with Crippen molar-refractivity contribution in [2.45, 2.75) is 27.0 Å². The van der Waals surface area contributed by atoms with Gasteiger partial charge in [-0.15, -0.1) is 0 Å². The Labute approximate surface area is 155 Å². The van der Waals surface area contributed by atoms with Gasteiger partial charge in [0.25, 0.3) is 5.89 Å². The molecule has 27 heavy (non-hydrogen) atoms. The van der Waals surface area contributed by atoms with Gasteiger partial charge in [0, 0.05) is 34.0 Å². The highest BCUT2D eigenvalue weighted by atomic mass is 16.5. The highest BCUT2D eigenvalue weighted by molar-refractivity contribution is 6.09. The summed E-state index contributed by atoms with van der Waals surface area (Å²) in [5.41, 5.74) is 3.08. The topological polar surface area (TPSA) is 82.2 Å². The van der Waals surface area contributed by atoms with Crippen LogP contribution in [0.1, 0.15) is 18.6 Å². The number of aryl methyl sites for hydroxylation is 2. The number of carbonyl (C=O) groups is 1. The van der Waals surface area contributed by atoms with Gasteiger partial charge in [-0.05, 0) is 38.1 Å². The number of benzene rings is 2. The lowest BCUT2D eigenvalue weighted by Gasteiger charge is -2.07. The Bertz CT molecular complexity index is 1110. The van der Waals surface area contributed by atoms with Gasteiger partial charge in [-0.1, -0.05) is 23.4 Å². The highest BCUT2D eigenvalue weighted by Gasteiger charge is 2.11. The van der Waals surface area contributed by atoms with E-state index in [4.69, 9.17) is 9.26 Å². The minimum Gasteiger partial charge on any atom is -0.362 e. The Morgan fingerprint density at radius 3 is 2.78 bits per heavy atom. The van der Waals surface area contributed by atoms with Crippen molar-refractivity contribution in [3.63, 3.8) is 0 Å². The first-order valence-corrected chi connectivity index (χ1v) is 8.83. The lowest BCUT2D eigenvalue weighted by atomic mass is 10.1. The fraction of sp³-hybridized carbons (Fsp3) is 0.250. The van der Waals surface area contributed by atoms with Gasteiger partial charge in [0.15, 0.2) is 5.82 Å². The van der Waals surface area contributed by atoms with Gasteiger partial charge in [0.2, 0.25) is 5.91 Å². The number of rotatable bonds is 6. The van der Waals surface area contributed by atoms with Gasteiger partial charge in [-0.2, -0.15) is 4.98 Å². The molecule has 2 aromatic carbocycles. The zero-order valence-corrected chi connectivity index (χ0v) is 15.2. The van der Waals surface area contributed by atoms with Crippen LogP contribution in [-0.2, 0) is 22.7 Å². The second-order valence-corrected chi connectivity index (χ2v) is 6.27. The Morgan fingerprint density at radius 1 is 1.19 bits per heavy atom. The predicted octanol–water partition coefficient (Wildman–Crippen LogP) is 3.66. The van der Waals surface area contributed by atoms with E-state index >= 15 is 0 Å². The molecule has 0 saturated heterocycles. The molecule has 7 heteroatoms. The number of para-hydroxylation sites is 1. The number of hydrogen-bond donors (Lipinski definition) is 1. The van der Waals surface area contributed by atoms with E-state index in [2.05, 4.69) is 39.1 Å². The minimum atomic E-state index is -0.232. The molecule has 1 amide bonds. The molecular weight excluding hydrogens is 344 g/mol. The molecule has 0 aliphatic heterocycles. The van der Waals surface area contributed by atoms with Crippen LogP contribution in [0.3, 0.4) is 0 Å². The Kier molecular flexibility index (Phi) is 4.60. The number of ether oxygens (including phenoxy) is 1. The molecule has 4 aromatic rings. The first-order valence-electron chi connectivity index (χ1n) is 8.83. The summed E-state index contributed by atoms with van der Waals surface area (Å²) in [6.07, 6.45) is 0. The molecule has 0 bridgehead atoms. The Balaban J connectivity index is 1.49. The van der Waals surface area contributed by atoms with Crippen LogP contribution in [0.4, 0.5) is 5.69 Å². The van der Waals surface area contributed by atoms with Crippen molar-refractivity contribution >= 4 is 33.4 Å². The number of fused-ring (bicyclic) bond motifs is 3. The fourth-order valence-electron chi connectivity index (χ4n) is 3.30. The SMILES string of the molecule is CCn1c2ccccc2c2cc(NC(=O)COCc3nc(C)no3)ccc21. The van der Waals surface area contributed by atoms with Gasteiger partial charge >= 0.3 is 0 Å². The van der Waals surface area contributed by atoms with Crippen LogP contribution in [0.5, 0.6) is 0 Å². The van der Waals surface area contributed by atoms with E-state index in [0.717, 1.165) is 23.1 Å². The maximum atomic E-state index is 12.2. The van der Waals surface area contributed by atoms with Crippen molar-refractivity contribution < 1.29 is 14.1 Å². The predicted molar refractivity (Wildman–Crippen MR) is 102 cm³/mol. The van der Waals surface area contributed by atoms with E-state index in [1.54, 1.807) is 6.92 Å². The highest BCUT2D eigenvalue weighted by Crippen LogP contribution is 2.30.